The molecule has 18 heavy (non-hydrogen) atoms. The van der Waals surface area contributed by atoms with Gasteiger partial charge in [0.25, 0.3) is 0 Å². The molecule has 1 unspecified atom stereocenters. The Bertz CT molecular complexity index is 575. The van der Waals surface area contributed by atoms with Crippen molar-refractivity contribution in [3.05, 3.63) is 42.0 Å². The van der Waals surface area contributed by atoms with Crippen LogP contribution in [0.25, 0.3) is 10.8 Å². The number of fused-ring (bicyclic) bond motifs is 1. The average Bonchev–Trinajstić information content (AvgIpc) is 2.36. The summed E-state index contributed by atoms with van der Waals surface area (Å²) in [4.78, 5) is 10.8. The largest absolute Gasteiger partial charge is 0.497 e. The first-order chi connectivity index (χ1) is 8.61. The maximum absolute atomic E-state index is 10.8. The molecule has 0 aliphatic carbocycles. The van der Waals surface area contributed by atoms with Gasteiger partial charge in [-0.15, -0.1) is 0 Å². The average molecular weight is 244 g/mol. The van der Waals surface area contributed by atoms with Crippen LogP contribution in [-0.4, -0.2) is 18.2 Å². The Hall–Kier alpha value is -2.03. The van der Waals surface area contributed by atoms with Crippen LogP contribution in [0.3, 0.4) is 0 Å². The molecule has 2 rings (SSSR count). The highest BCUT2D eigenvalue weighted by Crippen LogP contribution is 2.31. The van der Waals surface area contributed by atoms with Gasteiger partial charge in [0.05, 0.1) is 13.5 Å². The second kappa shape index (κ2) is 5.08. The Morgan fingerprint density at radius 3 is 2.72 bits per heavy atom. The van der Waals surface area contributed by atoms with Crippen molar-refractivity contribution in [2.24, 2.45) is 0 Å². The van der Waals surface area contributed by atoms with E-state index in [-0.39, 0.29) is 12.3 Å². The van der Waals surface area contributed by atoms with Crippen LogP contribution in [0.2, 0.25) is 0 Å². The van der Waals surface area contributed by atoms with Gasteiger partial charge in [0.15, 0.2) is 0 Å². The topological polar surface area (TPSA) is 46.5 Å². The van der Waals surface area contributed by atoms with Gasteiger partial charge in [-0.3, -0.25) is 4.79 Å². The summed E-state index contributed by atoms with van der Waals surface area (Å²) in [7, 11) is 1.62. The van der Waals surface area contributed by atoms with E-state index in [1.807, 2.05) is 43.3 Å². The molecule has 1 N–H and O–H groups in total. The number of ether oxygens (including phenoxy) is 1. The zero-order valence-electron chi connectivity index (χ0n) is 10.5. The molecular weight excluding hydrogens is 228 g/mol. The van der Waals surface area contributed by atoms with Gasteiger partial charge in [-0.1, -0.05) is 31.2 Å². The van der Waals surface area contributed by atoms with E-state index in [0.29, 0.717) is 0 Å². The summed E-state index contributed by atoms with van der Waals surface area (Å²) < 4.78 is 5.27. The lowest BCUT2D eigenvalue weighted by Gasteiger charge is -2.14. The van der Waals surface area contributed by atoms with Crippen molar-refractivity contribution in [2.45, 2.75) is 19.3 Å². The normalized spacial score (nSPS) is 12.3. The number of carboxylic acid groups (broad SMARTS) is 1. The zero-order chi connectivity index (χ0) is 13.1. The fourth-order valence-electron chi connectivity index (χ4n) is 2.21. The van der Waals surface area contributed by atoms with Crippen molar-refractivity contribution < 1.29 is 14.6 Å². The number of benzene rings is 2. The predicted molar refractivity (Wildman–Crippen MR) is 71.2 cm³/mol. The molecule has 0 amide bonds. The lowest BCUT2D eigenvalue weighted by Crippen LogP contribution is -2.03. The lowest BCUT2D eigenvalue weighted by atomic mass is 9.92. The third-order valence-corrected chi connectivity index (χ3v) is 3.11. The van der Waals surface area contributed by atoms with Gasteiger partial charge in [-0.2, -0.15) is 0 Å². The van der Waals surface area contributed by atoms with Gasteiger partial charge in [0.2, 0.25) is 0 Å². The standard InChI is InChI=1S/C15H16O3/c1-10(7-15(16)17)14-9-12(18-2)8-11-5-3-4-6-13(11)14/h3-6,8-10H,7H2,1-2H3,(H,16,17). The van der Waals surface area contributed by atoms with Crippen LogP contribution in [-0.2, 0) is 4.79 Å². The molecule has 2 aromatic rings. The molecular formula is C15H16O3. The maximum Gasteiger partial charge on any atom is 0.303 e. The van der Waals surface area contributed by atoms with E-state index in [1.165, 1.54) is 0 Å². The predicted octanol–water partition coefficient (Wildman–Crippen LogP) is 3.43. The number of carbonyl (C=O) groups is 1. The van der Waals surface area contributed by atoms with Gasteiger partial charge < -0.3 is 9.84 Å². The lowest BCUT2D eigenvalue weighted by molar-refractivity contribution is -0.137. The number of rotatable bonds is 4. The van der Waals surface area contributed by atoms with Crippen LogP contribution < -0.4 is 4.74 Å². The molecule has 0 bridgehead atoms. The van der Waals surface area contributed by atoms with Crippen LogP contribution in [0.4, 0.5) is 0 Å². The molecule has 0 aliphatic heterocycles. The molecule has 0 saturated heterocycles. The molecule has 0 saturated carbocycles. The highest BCUT2D eigenvalue weighted by atomic mass is 16.5. The number of hydrogen-bond donors (Lipinski definition) is 1. The summed E-state index contributed by atoms with van der Waals surface area (Å²) in [6.07, 6.45) is 0.122. The highest BCUT2D eigenvalue weighted by molar-refractivity contribution is 5.88. The monoisotopic (exact) mass is 244 g/mol. The molecule has 3 nitrogen and oxygen atoms in total. The Kier molecular flexibility index (Phi) is 3.51. The molecule has 0 aliphatic rings. The molecule has 2 aromatic carbocycles. The fraction of sp³-hybridized carbons (Fsp3) is 0.267. The number of methoxy groups -OCH3 is 1. The van der Waals surface area contributed by atoms with Crippen LogP contribution in [0.5, 0.6) is 5.75 Å². The molecule has 1 atom stereocenters. The van der Waals surface area contributed by atoms with Crippen molar-refractivity contribution in [1.82, 2.24) is 0 Å². The van der Waals surface area contributed by atoms with E-state index in [0.717, 1.165) is 22.1 Å². The van der Waals surface area contributed by atoms with E-state index < -0.39 is 5.97 Å². The molecule has 94 valence electrons. The summed E-state index contributed by atoms with van der Waals surface area (Å²) >= 11 is 0. The van der Waals surface area contributed by atoms with Gasteiger partial charge in [-0.05, 0) is 34.4 Å². The Morgan fingerprint density at radius 2 is 2.06 bits per heavy atom. The van der Waals surface area contributed by atoms with Crippen LogP contribution in [0.1, 0.15) is 24.8 Å². The van der Waals surface area contributed by atoms with Crippen molar-refractivity contribution in [1.29, 1.82) is 0 Å². The molecule has 0 fully saturated rings. The summed E-state index contributed by atoms with van der Waals surface area (Å²) in [5, 5.41) is 11.1. The molecule has 3 heteroatoms. The Morgan fingerprint density at radius 1 is 1.33 bits per heavy atom. The summed E-state index contributed by atoms with van der Waals surface area (Å²) in [6.45, 7) is 1.93. The SMILES string of the molecule is COc1cc(C(C)CC(=O)O)c2ccccc2c1. The third-order valence-electron chi connectivity index (χ3n) is 3.11. The smallest absolute Gasteiger partial charge is 0.303 e. The Balaban J connectivity index is 2.56. The number of carboxylic acids is 1. The van der Waals surface area contributed by atoms with Crippen LogP contribution in [0, 0.1) is 0 Å². The van der Waals surface area contributed by atoms with Crippen molar-refractivity contribution in [3.63, 3.8) is 0 Å². The minimum atomic E-state index is -0.783. The van der Waals surface area contributed by atoms with Crippen molar-refractivity contribution >= 4 is 16.7 Å². The molecule has 0 spiro atoms. The first kappa shape index (κ1) is 12.4. The van der Waals surface area contributed by atoms with E-state index >= 15 is 0 Å². The van der Waals surface area contributed by atoms with E-state index in [9.17, 15) is 4.79 Å². The van der Waals surface area contributed by atoms with Gasteiger partial charge in [-0.25, -0.2) is 0 Å². The zero-order valence-corrected chi connectivity index (χ0v) is 10.5. The molecule has 0 aromatic heterocycles. The minimum absolute atomic E-state index is 0.0394. The van der Waals surface area contributed by atoms with Crippen molar-refractivity contribution in [2.75, 3.05) is 7.11 Å². The van der Waals surface area contributed by atoms with E-state index in [4.69, 9.17) is 9.84 Å². The van der Waals surface area contributed by atoms with Gasteiger partial charge >= 0.3 is 5.97 Å². The summed E-state index contributed by atoms with van der Waals surface area (Å²) in [5.41, 5.74) is 1.02. The fourth-order valence-corrected chi connectivity index (χ4v) is 2.21. The first-order valence-corrected chi connectivity index (χ1v) is 5.90. The second-order valence-corrected chi connectivity index (χ2v) is 4.44. The summed E-state index contributed by atoms with van der Waals surface area (Å²) in [6, 6.07) is 11.8. The van der Waals surface area contributed by atoms with Gasteiger partial charge in [0.1, 0.15) is 5.75 Å². The summed E-state index contributed by atoms with van der Waals surface area (Å²) in [5.74, 6) is -0.0576. The maximum atomic E-state index is 10.8. The quantitative estimate of drug-likeness (QED) is 0.896. The van der Waals surface area contributed by atoms with Gasteiger partial charge in [0, 0.05) is 0 Å². The second-order valence-electron chi connectivity index (χ2n) is 4.44. The van der Waals surface area contributed by atoms with Crippen molar-refractivity contribution in [3.8, 4) is 5.75 Å². The molecule has 0 radical (unpaired) electrons. The van der Waals surface area contributed by atoms with E-state index in [1.54, 1.807) is 7.11 Å². The van der Waals surface area contributed by atoms with Crippen LogP contribution >= 0.6 is 0 Å². The number of aliphatic carboxylic acids is 1. The number of hydrogen-bond acceptors (Lipinski definition) is 2. The first-order valence-electron chi connectivity index (χ1n) is 5.90. The third kappa shape index (κ3) is 2.45. The minimum Gasteiger partial charge on any atom is -0.497 e. The molecule has 0 heterocycles. The Labute approximate surface area is 106 Å². The van der Waals surface area contributed by atoms with Crippen LogP contribution in [0.15, 0.2) is 36.4 Å². The highest BCUT2D eigenvalue weighted by Gasteiger charge is 2.14. The van der Waals surface area contributed by atoms with E-state index in [2.05, 4.69) is 0 Å².